The van der Waals surface area contributed by atoms with Gasteiger partial charge in [0.2, 0.25) is 0 Å². The zero-order valence-electron chi connectivity index (χ0n) is 17.5. The second-order valence-electron chi connectivity index (χ2n) is 7.66. The van der Waals surface area contributed by atoms with Gasteiger partial charge >= 0.3 is 6.09 Å². The molecule has 2 aliphatic rings. The third-order valence-electron chi connectivity index (χ3n) is 5.41. The van der Waals surface area contributed by atoms with Crippen LogP contribution in [0, 0.1) is 0 Å². The lowest BCUT2D eigenvalue weighted by Gasteiger charge is -2.18. The summed E-state index contributed by atoms with van der Waals surface area (Å²) in [5, 5.41) is 7.50. The van der Waals surface area contributed by atoms with Crippen molar-refractivity contribution in [2.45, 2.75) is 24.4 Å². The number of ether oxygens (including phenoxy) is 4. The lowest BCUT2D eigenvalue weighted by atomic mass is 10.1. The molecular weight excluding hydrogens is 444 g/mol. The van der Waals surface area contributed by atoms with Crippen LogP contribution in [0.25, 0.3) is 0 Å². The number of amides is 2. The molecule has 3 aromatic rings. The number of benzene rings is 2. The van der Waals surface area contributed by atoms with E-state index in [1.165, 1.54) is 11.3 Å². The SMILES string of the molecule is O=C(Nc1ccc(Oc2ccccc2)cc1)O[C@@H]1CO[C@H]2[C@@H]1OC[C@@H]2NC(=O)c1cccs1. The highest BCUT2D eigenvalue weighted by atomic mass is 32.1. The number of carbonyl (C=O) groups is 2. The Balaban J connectivity index is 1.12. The van der Waals surface area contributed by atoms with Crippen LogP contribution in [0.15, 0.2) is 72.1 Å². The largest absolute Gasteiger partial charge is 0.457 e. The first-order valence-corrected chi connectivity index (χ1v) is 11.4. The molecule has 2 amide bonds. The third kappa shape index (κ3) is 5.00. The molecule has 0 spiro atoms. The first-order chi connectivity index (χ1) is 16.2. The van der Waals surface area contributed by atoms with Gasteiger partial charge in [0.15, 0.2) is 6.10 Å². The summed E-state index contributed by atoms with van der Waals surface area (Å²) in [6.45, 7) is 0.509. The Morgan fingerprint density at radius 2 is 1.64 bits per heavy atom. The number of fused-ring (bicyclic) bond motifs is 1. The Bertz CT molecular complexity index is 1090. The molecule has 2 saturated heterocycles. The fourth-order valence-corrected chi connectivity index (χ4v) is 4.48. The molecule has 5 rings (SSSR count). The summed E-state index contributed by atoms with van der Waals surface area (Å²) >= 11 is 1.37. The number of para-hydroxylation sites is 1. The molecule has 170 valence electrons. The first kappa shape index (κ1) is 21.4. The van der Waals surface area contributed by atoms with E-state index >= 15 is 0 Å². The van der Waals surface area contributed by atoms with Crippen molar-refractivity contribution in [1.29, 1.82) is 0 Å². The maximum absolute atomic E-state index is 12.4. The summed E-state index contributed by atoms with van der Waals surface area (Å²) in [6, 6.07) is 19.7. The van der Waals surface area contributed by atoms with Gasteiger partial charge in [0.1, 0.15) is 23.7 Å². The highest BCUT2D eigenvalue weighted by Crippen LogP contribution is 2.30. The summed E-state index contributed by atoms with van der Waals surface area (Å²) < 4.78 is 22.9. The average Bonchev–Trinajstić information content (AvgIpc) is 3.57. The monoisotopic (exact) mass is 466 g/mol. The topological polar surface area (TPSA) is 95.1 Å². The molecule has 2 N–H and O–H groups in total. The zero-order valence-corrected chi connectivity index (χ0v) is 18.3. The smallest absolute Gasteiger partial charge is 0.412 e. The molecule has 0 radical (unpaired) electrons. The van der Waals surface area contributed by atoms with Gasteiger partial charge in [-0.15, -0.1) is 11.3 Å². The van der Waals surface area contributed by atoms with E-state index in [1.807, 2.05) is 41.8 Å². The van der Waals surface area contributed by atoms with Crippen molar-refractivity contribution in [3.63, 3.8) is 0 Å². The Morgan fingerprint density at radius 1 is 0.879 bits per heavy atom. The Kier molecular flexibility index (Phi) is 6.25. The number of rotatable bonds is 6. The second-order valence-corrected chi connectivity index (χ2v) is 8.61. The lowest BCUT2D eigenvalue weighted by molar-refractivity contribution is 0.00862. The molecular formula is C24H22N2O6S. The van der Waals surface area contributed by atoms with Crippen LogP contribution in [-0.4, -0.2) is 49.6 Å². The molecule has 33 heavy (non-hydrogen) atoms. The van der Waals surface area contributed by atoms with Crippen LogP contribution in [0.4, 0.5) is 10.5 Å². The van der Waals surface area contributed by atoms with Crippen molar-refractivity contribution in [3.05, 3.63) is 77.0 Å². The number of hydrogen-bond acceptors (Lipinski definition) is 7. The van der Waals surface area contributed by atoms with E-state index in [1.54, 1.807) is 30.3 Å². The first-order valence-electron chi connectivity index (χ1n) is 10.5. The quantitative estimate of drug-likeness (QED) is 0.569. The summed E-state index contributed by atoms with van der Waals surface area (Å²) in [4.78, 5) is 25.4. The molecule has 2 aliphatic heterocycles. The van der Waals surface area contributed by atoms with Crippen molar-refractivity contribution in [1.82, 2.24) is 5.32 Å². The van der Waals surface area contributed by atoms with Gasteiger partial charge in [-0.2, -0.15) is 0 Å². The maximum Gasteiger partial charge on any atom is 0.412 e. The molecule has 1 aromatic heterocycles. The van der Waals surface area contributed by atoms with Gasteiger partial charge in [0, 0.05) is 5.69 Å². The Labute approximate surface area is 194 Å². The van der Waals surface area contributed by atoms with Gasteiger partial charge in [-0.1, -0.05) is 24.3 Å². The molecule has 0 bridgehead atoms. The normalized spacial score (nSPS) is 23.5. The number of nitrogens with one attached hydrogen (secondary N) is 2. The van der Waals surface area contributed by atoms with Crippen LogP contribution in [0.3, 0.4) is 0 Å². The number of anilines is 1. The molecule has 2 aromatic carbocycles. The van der Waals surface area contributed by atoms with E-state index in [2.05, 4.69) is 10.6 Å². The molecule has 0 saturated carbocycles. The molecule has 2 fully saturated rings. The van der Waals surface area contributed by atoms with Gasteiger partial charge in [-0.3, -0.25) is 10.1 Å². The Hall–Kier alpha value is -3.40. The van der Waals surface area contributed by atoms with Gasteiger partial charge in [0.05, 0.1) is 24.1 Å². The van der Waals surface area contributed by atoms with Crippen LogP contribution < -0.4 is 15.4 Å². The fourth-order valence-electron chi connectivity index (χ4n) is 3.85. The standard InChI is InChI=1S/C24H22N2O6S/c27-23(20-7-4-12-33-20)26-18-13-29-22-19(14-30-21(18)22)32-24(28)25-15-8-10-17(11-9-15)31-16-5-2-1-3-6-16/h1-12,18-19,21-22H,13-14H2,(H,25,28)(H,26,27)/t18-,19+,21+,22+/m0/s1. The summed E-state index contributed by atoms with van der Waals surface area (Å²) in [5.74, 6) is 1.22. The highest BCUT2D eigenvalue weighted by molar-refractivity contribution is 7.12. The molecule has 9 heteroatoms. The van der Waals surface area contributed by atoms with Crippen molar-refractivity contribution < 1.29 is 28.5 Å². The predicted molar refractivity (Wildman–Crippen MR) is 122 cm³/mol. The maximum atomic E-state index is 12.4. The average molecular weight is 467 g/mol. The predicted octanol–water partition coefficient (Wildman–Crippen LogP) is 4.05. The van der Waals surface area contributed by atoms with Crippen LogP contribution in [0.5, 0.6) is 11.5 Å². The number of carbonyl (C=O) groups excluding carboxylic acids is 2. The van der Waals surface area contributed by atoms with Crippen LogP contribution >= 0.6 is 11.3 Å². The molecule has 0 aliphatic carbocycles. The zero-order chi connectivity index (χ0) is 22.6. The summed E-state index contributed by atoms with van der Waals surface area (Å²) in [5.41, 5.74) is 0.573. The van der Waals surface area contributed by atoms with Crippen molar-refractivity contribution >= 4 is 29.0 Å². The fraction of sp³-hybridized carbons (Fsp3) is 0.250. The van der Waals surface area contributed by atoms with Crippen LogP contribution in [0.2, 0.25) is 0 Å². The van der Waals surface area contributed by atoms with Crippen molar-refractivity contribution in [2.75, 3.05) is 18.5 Å². The lowest BCUT2D eigenvalue weighted by Crippen LogP contribution is -2.44. The van der Waals surface area contributed by atoms with E-state index in [9.17, 15) is 9.59 Å². The Morgan fingerprint density at radius 3 is 2.39 bits per heavy atom. The number of thiophene rings is 1. The summed E-state index contributed by atoms with van der Waals surface area (Å²) in [6.07, 6.45) is -1.94. The minimum Gasteiger partial charge on any atom is -0.457 e. The minimum absolute atomic E-state index is 0.162. The van der Waals surface area contributed by atoms with Gasteiger partial charge < -0.3 is 24.3 Å². The van der Waals surface area contributed by atoms with Crippen LogP contribution in [0.1, 0.15) is 9.67 Å². The van der Waals surface area contributed by atoms with Crippen molar-refractivity contribution in [2.24, 2.45) is 0 Å². The van der Waals surface area contributed by atoms with E-state index in [0.29, 0.717) is 22.9 Å². The van der Waals surface area contributed by atoms with Crippen molar-refractivity contribution in [3.8, 4) is 11.5 Å². The van der Waals surface area contributed by atoms with Crippen LogP contribution in [-0.2, 0) is 14.2 Å². The van der Waals surface area contributed by atoms with Gasteiger partial charge in [-0.25, -0.2) is 4.79 Å². The second kappa shape index (κ2) is 9.62. The molecule has 0 unspecified atom stereocenters. The van der Waals surface area contributed by atoms with Gasteiger partial charge in [0.25, 0.3) is 5.91 Å². The molecule has 8 nitrogen and oxygen atoms in total. The molecule has 3 heterocycles. The highest BCUT2D eigenvalue weighted by Gasteiger charge is 2.50. The van der Waals surface area contributed by atoms with E-state index in [0.717, 1.165) is 5.75 Å². The van der Waals surface area contributed by atoms with E-state index < -0.39 is 18.3 Å². The molecule has 4 atom stereocenters. The third-order valence-corrected chi connectivity index (χ3v) is 6.28. The minimum atomic E-state index is -0.601. The number of hydrogen-bond donors (Lipinski definition) is 2. The van der Waals surface area contributed by atoms with E-state index in [-0.39, 0.29) is 24.7 Å². The van der Waals surface area contributed by atoms with E-state index in [4.69, 9.17) is 18.9 Å². The summed E-state index contributed by atoms with van der Waals surface area (Å²) in [7, 11) is 0. The van der Waals surface area contributed by atoms with Gasteiger partial charge in [-0.05, 0) is 47.8 Å².